The molecule has 2 heterocycles. The first kappa shape index (κ1) is 12.8. The average molecular weight is 244 g/mol. The van der Waals surface area contributed by atoms with Crippen LogP contribution in [0, 0.1) is 18.3 Å². The third-order valence-corrected chi connectivity index (χ3v) is 3.68. The molecule has 1 aliphatic heterocycles. The predicted molar refractivity (Wildman–Crippen MR) is 72.6 cm³/mol. The Morgan fingerprint density at radius 1 is 1.50 bits per heavy atom. The number of aromatic nitrogens is 1. The summed E-state index contributed by atoms with van der Waals surface area (Å²) in [5, 5.41) is 9.28. The highest BCUT2D eigenvalue weighted by Gasteiger charge is 2.24. The number of pyridine rings is 1. The van der Waals surface area contributed by atoms with Crippen molar-refractivity contribution in [3.8, 4) is 6.07 Å². The smallest absolute Gasteiger partial charge is 0.146 e. The fraction of sp³-hybridized carbons (Fsp3) is 0.571. The van der Waals surface area contributed by atoms with Crippen LogP contribution in [0.25, 0.3) is 0 Å². The molecule has 0 N–H and O–H groups in total. The number of rotatable bonds is 2. The summed E-state index contributed by atoms with van der Waals surface area (Å²) in [5.74, 6) is 0.851. The number of hydrogen-bond donors (Lipinski definition) is 0. The number of likely N-dealkylation sites (N-methyl/N-ethyl adjacent to an activating group) is 1. The van der Waals surface area contributed by atoms with E-state index in [-0.39, 0.29) is 0 Å². The number of anilines is 1. The number of aryl methyl sites for hydroxylation is 1. The molecule has 2 rings (SSSR count). The highest BCUT2D eigenvalue weighted by molar-refractivity contribution is 5.57. The zero-order chi connectivity index (χ0) is 13.1. The van der Waals surface area contributed by atoms with E-state index in [9.17, 15) is 5.26 Å². The average Bonchev–Trinajstić information content (AvgIpc) is 2.38. The molecule has 0 aromatic carbocycles. The monoisotopic (exact) mass is 244 g/mol. The zero-order valence-corrected chi connectivity index (χ0v) is 11.3. The lowest BCUT2D eigenvalue weighted by molar-refractivity contribution is 0.257. The third kappa shape index (κ3) is 2.46. The molecule has 18 heavy (non-hydrogen) atoms. The van der Waals surface area contributed by atoms with Gasteiger partial charge in [0.2, 0.25) is 0 Å². The number of piperidine rings is 1. The molecule has 0 amide bonds. The lowest BCUT2D eigenvalue weighted by Crippen LogP contribution is -2.45. The maximum absolute atomic E-state index is 9.28. The maximum atomic E-state index is 9.28. The highest BCUT2D eigenvalue weighted by Crippen LogP contribution is 2.24. The molecule has 4 nitrogen and oxygen atoms in total. The number of hydrogen-bond acceptors (Lipinski definition) is 4. The molecular formula is C14H20N4. The number of nitriles is 1. The molecule has 1 aromatic heterocycles. The molecule has 1 saturated heterocycles. The fourth-order valence-corrected chi connectivity index (χ4v) is 2.49. The normalized spacial score (nSPS) is 19.9. The highest BCUT2D eigenvalue weighted by atomic mass is 15.2. The molecular weight excluding hydrogens is 224 g/mol. The van der Waals surface area contributed by atoms with Crippen LogP contribution in [-0.2, 0) is 0 Å². The van der Waals surface area contributed by atoms with Gasteiger partial charge >= 0.3 is 0 Å². The van der Waals surface area contributed by atoms with Crippen molar-refractivity contribution in [3.63, 3.8) is 0 Å². The Labute approximate surface area is 109 Å². The molecule has 1 atom stereocenters. The van der Waals surface area contributed by atoms with Crippen molar-refractivity contribution in [3.05, 3.63) is 23.4 Å². The molecule has 1 aromatic rings. The summed E-state index contributed by atoms with van der Waals surface area (Å²) in [6.45, 7) is 3.92. The van der Waals surface area contributed by atoms with Crippen LogP contribution >= 0.6 is 0 Å². The van der Waals surface area contributed by atoms with Gasteiger partial charge in [-0.1, -0.05) is 0 Å². The molecule has 96 valence electrons. The summed E-state index contributed by atoms with van der Waals surface area (Å²) in [7, 11) is 4.23. The Balaban J connectivity index is 2.27. The Hall–Kier alpha value is -1.60. The summed E-state index contributed by atoms with van der Waals surface area (Å²) in [5.41, 5.74) is 1.73. The number of nitrogens with zero attached hydrogens (tertiary/aromatic N) is 4. The van der Waals surface area contributed by atoms with Gasteiger partial charge in [0, 0.05) is 25.3 Å². The molecule has 0 aliphatic carbocycles. The predicted octanol–water partition coefficient (Wildman–Crippen LogP) is 1.79. The van der Waals surface area contributed by atoms with Gasteiger partial charge in [-0.3, -0.25) is 0 Å². The largest absolute Gasteiger partial charge is 0.354 e. The quantitative estimate of drug-likeness (QED) is 0.795. The Bertz CT molecular complexity index is 461. The van der Waals surface area contributed by atoms with Gasteiger partial charge in [0.25, 0.3) is 0 Å². The van der Waals surface area contributed by atoms with Crippen LogP contribution in [0.5, 0.6) is 0 Å². The van der Waals surface area contributed by atoms with Gasteiger partial charge in [-0.15, -0.1) is 0 Å². The van der Waals surface area contributed by atoms with Crippen molar-refractivity contribution < 1.29 is 0 Å². The van der Waals surface area contributed by atoms with E-state index in [1.807, 2.05) is 13.0 Å². The zero-order valence-electron chi connectivity index (χ0n) is 11.3. The van der Waals surface area contributed by atoms with E-state index in [2.05, 4.69) is 34.9 Å². The minimum Gasteiger partial charge on any atom is -0.354 e. The second kappa shape index (κ2) is 5.36. The molecule has 0 saturated carbocycles. The van der Waals surface area contributed by atoms with E-state index in [1.165, 1.54) is 6.42 Å². The van der Waals surface area contributed by atoms with Crippen molar-refractivity contribution in [2.24, 2.45) is 0 Å². The van der Waals surface area contributed by atoms with Crippen LogP contribution in [0.2, 0.25) is 0 Å². The van der Waals surface area contributed by atoms with Crippen molar-refractivity contribution in [1.82, 2.24) is 9.88 Å². The van der Waals surface area contributed by atoms with Gasteiger partial charge in [-0.25, -0.2) is 4.98 Å². The molecule has 0 bridgehead atoms. The third-order valence-electron chi connectivity index (χ3n) is 3.68. The van der Waals surface area contributed by atoms with Crippen molar-refractivity contribution in [2.75, 3.05) is 32.1 Å². The summed E-state index contributed by atoms with van der Waals surface area (Å²) in [4.78, 5) is 8.92. The van der Waals surface area contributed by atoms with Crippen LogP contribution in [0.3, 0.4) is 0 Å². The van der Waals surface area contributed by atoms with E-state index in [4.69, 9.17) is 0 Å². The lowest BCUT2D eigenvalue weighted by Gasteiger charge is -2.37. The van der Waals surface area contributed by atoms with Gasteiger partial charge in [-0.2, -0.15) is 5.26 Å². The summed E-state index contributed by atoms with van der Waals surface area (Å²) in [6, 6.07) is 4.73. The van der Waals surface area contributed by atoms with Crippen molar-refractivity contribution in [1.29, 1.82) is 5.26 Å². The molecule has 4 heteroatoms. The summed E-state index contributed by atoms with van der Waals surface area (Å²) >= 11 is 0. The lowest BCUT2D eigenvalue weighted by atomic mass is 10.0. The van der Waals surface area contributed by atoms with Gasteiger partial charge in [0.05, 0.1) is 5.56 Å². The second-order valence-electron chi connectivity index (χ2n) is 5.14. The van der Waals surface area contributed by atoms with Gasteiger partial charge < -0.3 is 9.80 Å². The first-order chi connectivity index (χ1) is 8.63. The van der Waals surface area contributed by atoms with Crippen LogP contribution in [0.15, 0.2) is 12.3 Å². The minimum atomic E-state index is 0.549. The van der Waals surface area contributed by atoms with Crippen LogP contribution in [0.4, 0.5) is 5.82 Å². The topological polar surface area (TPSA) is 43.2 Å². The van der Waals surface area contributed by atoms with Crippen LogP contribution in [0.1, 0.15) is 24.0 Å². The second-order valence-corrected chi connectivity index (χ2v) is 5.14. The van der Waals surface area contributed by atoms with E-state index in [1.54, 1.807) is 6.20 Å². The van der Waals surface area contributed by atoms with Gasteiger partial charge in [0.1, 0.15) is 11.9 Å². The molecule has 1 unspecified atom stereocenters. The molecule has 0 spiro atoms. The SMILES string of the molecule is Cc1ccnc(N2CCCC(N(C)C)C2)c1C#N. The Kier molecular flexibility index (Phi) is 3.83. The maximum Gasteiger partial charge on any atom is 0.146 e. The van der Waals surface area contributed by atoms with E-state index in [0.29, 0.717) is 6.04 Å². The van der Waals surface area contributed by atoms with Crippen LogP contribution < -0.4 is 4.90 Å². The van der Waals surface area contributed by atoms with Gasteiger partial charge in [-0.05, 0) is 45.5 Å². The Morgan fingerprint density at radius 2 is 2.28 bits per heavy atom. The first-order valence-corrected chi connectivity index (χ1v) is 6.40. The minimum absolute atomic E-state index is 0.549. The van der Waals surface area contributed by atoms with Gasteiger partial charge in [0.15, 0.2) is 0 Å². The van der Waals surface area contributed by atoms with Crippen LogP contribution in [-0.4, -0.2) is 43.1 Å². The van der Waals surface area contributed by atoms with Crippen molar-refractivity contribution in [2.45, 2.75) is 25.8 Å². The van der Waals surface area contributed by atoms with E-state index >= 15 is 0 Å². The van der Waals surface area contributed by atoms with E-state index < -0.39 is 0 Å². The van der Waals surface area contributed by atoms with Crippen molar-refractivity contribution >= 4 is 5.82 Å². The standard InChI is InChI=1S/C14H20N4/c1-11-6-7-16-14(13(11)9-15)18-8-4-5-12(10-18)17(2)3/h6-7,12H,4-5,8,10H2,1-3H3. The summed E-state index contributed by atoms with van der Waals surface area (Å²) < 4.78 is 0. The van der Waals surface area contributed by atoms with E-state index in [0.717, 1.165) is 36.5 Å². The Morgan fingerprint density at radius 3 is 2.94 bits per heavy atom. The molecule has 1 fully saturated rings. The molecule has 0 radical (unpaired) electrons. The first-order valence-electron chi connectivity index (χ1n) is 6.40. The summed E-state index contributed by atoms with van der Waals surface area (Å²) in [6.07, 6.45) is 4.17. The molecule has 1 aliphatic rings. The fourth-order valence-electron chi connectivity index (χ4n) is 2.49.